The molecule has 0 saturated carbocycles. The fourth-order valence-electron chi connectivity index (χ4n) is 6.46. The highest BCUT2D eigenvalue weighted by Gasteiger charge is 2.28. The maximum atomic E-state index is 12.8. The predicted molar refractivity (Wildman–Crippen MR) is 222 cm³/mol. The summed E-state index contributed by atoms with van der Waals surface area (Å²) in [7, 11) is 1.60. The van der Waals surface area contributed by atoms with Gasteiger partial charge in [-0.15, -0.1) is 0 Å². The van der Waals surface area contributed by atoms with Crippen LogP contribution in [-0.4, -0.2) is 73.4 Å². The van der Waals surface area contributed by atoms with E-state index in [9.17, 15) is 19.4 Å². The molecule has 0 aromatic carbocycles. The van der Waals surface area contributed by atoms with Gasteiger partial charge in [0.15, 0.2) is 0 Å². The molecule has 8 nitrogen and oxygen atoms in total. The lowest BCUT2D eigenvalue weighted by atomic mass is 10.0. The number of rotatable bonds is 40. The van der Waals surface area contributed by atoms with Crippen LogP contribution in [0.2, 0.25) is 0 Å². The van der Waals surface area contributed by atoms with Crippen LogP contribution in [-0.2, 0) is 18.4 Å². The van der Waals surface area contributed by atoms with Gasteiger partial charge in [0.25, 0.3) is 0 Å². The lowest BCUT2D eigenvalue weighted by Gasteiger charge is -2.26. The molecular weight excluding hydrogens is 671 g/mol. The van der Waals surface area contributed by atoms with Gasteiger partial charge in [-0.05, 0) is 32.1 Å². The van der Waals surface area contributed by atoms with E-state index in [1.54, 1.807) is 0 Å². The van der Waals surface area contributed by atoms with Crippen molar-refractivity contribution in [2.75, 3.05) is 40.9 Å². The molecule has 0 radical (unpaired) electrons. The summed E-state index contributed by atoms with van der Waals surface area (Å²) in [6, 6.07) is -0.769. The van der Waals surface area contributed by atoms with E-state index in [0.717, 1.165) is 32.1 Å². The third-order valence-electron chi connectivity index (χ3n) is 10.0. The Balaban J connectivity index is 4.24. The number of carbonyl (C=O) groups excluding carboxylic acids is 1. The lowest BCUT2D eigenvalue weighted by Crippen LogP contribution is -2.46. The van der Waals surface area contributed by atoms with Crippen molar-refractivity contribution >= 4 is 13.7 Å². The second-order valence-corrected chi connectivity index (χ2v) is 17.9. The van der Waals surface area contributed by atoms with Crippen LogP contribution in [0, 0.1) is 0 Å². The van der Waals surface area contributed by atoms with Gasteiger partial charge < -0.3 is 19.8 Å². The summed E-state index contributed by atoms with van der Waals surface area (Å²) in [4.78, 5) is 23.0. The number of hydrogen-bond acceptors (Lipinski definition) is 5. The van der Waals surface area contributed by atoms with Crippen LogP contribution in [0.1, 0.15) is 206 Å². The third-order valence-corrected chi connectivity index (χ3v) is 11.0. The van der Waals surface area contributed by atoms with E-state index in [2.05, 4.69) is 31.3 Å². The van der Waals surface area contributed by atoms with Gasteiger partial charge >= 0.3 is 7.82 Å². The summed E-state index contributed by atoms with van der Waals surface area (Å²) in [5.41, 5.74) is 0. The summed E-state index contributed by atoms with van der Waals surface area (Å²) < 4.78 is 23.5. The molecule has 0 aliphatic rings. The van der Waals surface area contributed by atoms with E-state index in [0.29, 0.717) is 30.3 Å². The van der Waals surface area contributed by atoms with Crippen LogP contribution in [0.5, 0.6) is 0 Å². The van der Waals surface area contributed by atoms with Crippen LogP contribution in [0.25, 0.3) is 0 Å². The number of aliphatic hydroxyl groups is 1. The molecule has 310 valence electrons. The molecule has 0 fully saturated rings. The van der Waals surface area contributed by atoms with E-state index < -0.39 is 20.0 Å². The quantitative estimate of drug-likeness (QED) is 0.0249. The first-order chi connectivity index (χ1) is 25.0. The van der Waals surface area contributed by atoms with Crippen molar-refractivity contribution in [3.8, 4) is 0 Å². The standard InChI is InChI=1S/C43H87N2O6P/c1-6-8-10-12-14-16-17-18-19-20-21-22-23-24-25-26-27-29-30-32-34-36-42(46)41(40-51-52(48,49)50-39-38-45(3,4)5)44-43(47)37-35-33-31-28-15-13-11-9-7-2/h28,31,41-42,46H,6-27,29-30,32-40H2,1-5H3,(H-,44,47,48,49)/p+1/b31-28-. The van der Waals surface area contributed by atoms with Gasteiger partial charge in [0.05, 0.1) is 39.9 Å². The molecule has 3 atom stereocenters. The first-order valence-electron chi connectivity index (χ1n) is 22.1. The average Bonchev–Trinajstić information content (AvgIpc) is 3.09. The minimum atomic E-state index is -4.31. The van der Waals surface area contributed by atoms with Crippen molar-refractivity contribution in [2.45, 2.75) is 219 Å². The SMILES string of the molecule is CCCCCC/C=C\CCCC(=O)NC(COP(=O)(O)OCC[N+](C)(C)C)C(O)CCCCCCCCCCCCCCCCCCCCCCC. The number of allylic oxidation sites excluding steroid dienone is 2. The van der Waals surface area contributed by atoms with E-state index in [1.807, 2.05) is 21.1 Å². The van der Waals surface area contributed by atoms with Gasteiger partial charge in [-0.2, -0.15) is 0 Å². The first-order valence-corrected chi connectivity index (χ1v) is 23.5. The van der Waals surface area contributed by atoms with Crippen LogP contribution in [0.15, 0.2) is 12.2 Å². The van der Waals surface area contributed by atoms with E-state index >= 15 is 0 Å². The highest BCUT2D eigenvalue weighted by molar-refractivity contribution is 7.47. The molecule has 0 aliphatic carbocycles. The van der Waals surface area contributed by atoms with Crippen LogP contribution < -0.4 is 5.32 Å². The van der Waals surface area contributed by atoms with Gasteiger partial charge in [-0.3, -0.25) is 13.8 Å². The third kappa shape index (κ3) is 37.6. The zero-order chi connectivity index (χ0) is 38.6. The molecule has 0 rings (SSSR count). The van der Waals surface area contributed by atoms with Gasteiger partial charge in [-0.1, -0.05) is 180 Å². The Labute approximate surface area is 322 Å². The number of nitrogens with zero attached hydrogens (tertiary/aromatic N) is 1. The Hall–Kier alpha value is -0.760. The second kappa shape index (κ2) is 35.9. The molecule has 3 N–H and O–H groups in total. The van der Waals surface area contributed by atoms with Crippen molar-refractivity contribution in [2.24, 2.45) is 0 Å². The summed E-state index contributed by atoms with van der Waals surface area (Å²) in [5, 5.41) is 13.9. The number of aliphatic hydroxyl groups excluding tert-OH is 1. The minimum Gasteiger partial charge on any atom is -0.391 e. The van der Waals surface area contributed by atoms with Gasteiger partial charge in [-0.25, -0.2) is 4.57 Å². The Bertz CT molecular complexity index is 865. The molecule has 0 aromatic heterocycles. The molecule has 0 aliphatic heterocycles. The number of quaternary nitrogens is 1. The van der Waals surface area contributed by atoms with Crippen LogP contribution >= 0.6 is 7.82 Å². The molecule has 9 heteroatoms. The molecule has 0 bridgehead atoms. The normalized spacial score (nSPS) is 14.5. The predicted octanol–water partition coefficient (Wildman–Crippen LogP) is 12.0. The summed E-state index contributed by atoms with van der Waals surface area (Å²) >= 11 is 0. The zero-order valence-electron chi connectivity index (χ0n) is 35.1. The average molecular weight is 760 g/mol. The lowest BCUT2D eigenvalue weighted by molar-refractivity contribution is -0.870. The number of likely N-dealkylation sites (N-methyl/N-ethyl adjacent to an activating group) is 1. The maximum absolute atomic E-state index is 12.8. The second-order valence-electron chi connectivity index (χ2n) is 16.4. The summed E-state index contributed by atoms with van der Waals surface area (Å²) in [6.45, 7) is 4.84. The number of amides is 1. The molecule has 1 amide bonds. The molecule has 52 heavy (non-hydrogen) atoms. The Morgan fingerprint density at radius 3 is 1.48 bits per heavy atom. The Kier molecular flexibility index (Phi) is 35.4. The summed E-state index contributed by atoms with van der Waals surface area (Å²) in [6.07, 6.45) is 39.7. The number of hydrogen-bond donors (Lipinski definition) is 3. The van der Waals surface area contributed by atoms with Gasteiger partial charge in [0, 0.05) is 6.42 Å². The Morgan fingerprint density at radius 2 is 1.04 bits per heavy atom. The fraction of sp³-hybridized carbons (Fsp3) is 0.930. The monoisotopic (exact) mass is 760 g/mol. The largest absolute Gasteiger partial charge is 0.472 e. The molecule has 0 saturated heterocycles. The van der Waals surface area contributed by atoms with Crippen LogP contribution in [0.4, 0.5) is 0 Å². The molecule has 0 spiro atoms. The summed E-state index contributed by atoms with van der Waals surface area (Å²) in [5.74, 6) is -0.179. The minimum absolute atomic E-state index is 0.0718. The maximum Gasteiger partial charge on any atom is 0.472 e. The molecule has 0 heterocycles. The topological polar surface area (TPSA) is 105 Å². The number of nitrogens with one attached hydrogen (secondary N) is 1. The Morgan fingerprint density at radius 1 is 0.635 bits per heavy atom. The fourth-order valence-corrected chi connectivity index (χ4v) is 7.20. The number of phosphoric acid groups is 1. The number of phosphoric ester groups is 1. The molecule has 3 unspecified atom stereocenters. The van der Waals surface area contributed by atoms with Crippen molar-refractivity contribution in [1.82, 2.24) is 5.32 Å². The van der Waals surface area contributed by atoms with E-state index in [4.69, 9.17) is 9.05 Å². The van der Waals surface area contributed by atoms with Crippen LogP contribution in [0.3, 0.4) is 0 Å². The first kappa shape index (κ1) is 51.2. The molecule has 0 aromatic rings. The van der Waals surface area contributed by atoms with E-state index in [-0.39, 0.29) is 19.1 Å². The highest BCUT2D eigenvalue weighted by atomic mass is 31.2. The van der Waals surface area contributed by atoms with Crippen molar-refractivity contribution in [1.29, 1.82) is 0 Å². The smallest absolute Gasteiger partial charge is 0.391 e. The zero-order valence-corrected chi connectivity index (χ0v) is 36.0. The van der Waals surface area contributed by atoms with Gasteiger partial charge in [0.1, 0.15) is 13.2 Å². The highest BCUT2D eigenvalue weighted by Crippen LogP contribution is 2.43. The van der Waals surface area contributed by atoms with Gasteiger partial charge in [0.2, 0.25) is 5.91 Å². The number of carbonyl (C=O) groups is 1. The van der Waals surface area contributed by atoms with Crippen molar-refractivity contribution < 1.29 is 32.9 Å². The van der Waals surface area contributed by atoms with Crippen molar-refractivity contribution in [3.05, 3.63) is 12.2 Å². The van der Waals surface area contributed by atoms with E-state index in [1.165, 1.54) is 141 Å². The van der Waals surface area contributed by atoms with Crippen molar-refractivity contribution in [3.63, 3.8) is 0 Å². The molecular formula is C43H88N2O6P+. The number of unbranched alkanes of at least 4 members (excludes halogenated alkanes) is 25.